The molecule has 0 radical (unpaired) electrons. The van der Waals surface area contributed by atoms with E-state index in [0.29, 0.717) is 4.99 Å². The number of rotatable bonds is 5. The smallest absolute Gasteiger partial charge is 0.0727 e. The number of hydrogen-bond donors (Lipinski definition) is 1. The zero-order chi connectivity index (χ0) is 10.4. The Bertz CT molecular complexity index is 182. The molecule has 1 aliphatic heterocycles. The van der Waals surface area contributed by atoms with Gasteiger partial charge < -0.3 is 10.6 Å². The molecule has 0 saturated carbocycles. The van der Waals surface area contributed by atoms with Crippen molar-refractivity contribution in [1.29, 1.82) is 0 Å². The van der Waals surface area contributed by atoms with E-state index in [4.69, 9.17) is 18.0 Å². The quantitative estimate of drug-likeness (QED) is 0.712. The summed E-state index contributed by atoms with van der Waals surface area (Å²) in [6.07, 6.45) is 7.47. The zero-order valence-corrected chi connectivity index (χ0v) is 9.98. The Kier molecular flexibility index (Phi) is 5.41. The van der Waals surface area contributed by atoms with Crippen LogP contribution < -0.4 is 5.73 Å². The summed E-state index contributed by atoms with van der Waals surface area (Å²) >= 11 is 4.88. The fraction of sp³-hybridized carbons (Fsp3) is 0.909. The topological polar surface area (TPSA) is 29.3 Å². The van der Waals surface area contributed by atoms with Gasteiger partial charge in [0, 0.05) is 6.04 Å². The number of thiocarbonyl (C=S) groups is 1. The highest BCUT2D eigenvalue weighted by molar-refractivity contribution is 7.80. The monoisotopic (exact) mass is 214 g/mol. The van der Waals surface area contributed by atoms with Crippen molar-refractivity contribution in [3.05, 3.63) is 0 Å². The van der Waals surface area contributed by atoms with Crippen LogP contribution in [-0.4, -0.2) is 29.0 Å². The molecule has 82 valence electrons. The molecule has 1 saturated heterocycles. The molecule has 2 N–H and O–H groups in total. The van der Waals surface area contributed by atoms with Gasteiger partial charge >= 0.3 is 0 Å². The van der Waals surface area contributed by atoms with Crippen LogP contribution in [0.2, 0.25) is 0 Å². The summed E-state index contributed by atoms with van der Waals surface area (Å²) in [6, 6.07) is 0.815. The Hall–Kier alpha value is -0.150. The number of nitrogens with two attached hydrogens (primary N) is 1. The largest absolute Gasteiger partial charge is 0.393 e. The lowest BCUT2D eigenvalue weighted by Crippen LogP contribution is -2.39. The first-order valence-electron chi connectivity index (χ1n) is 5.76. The van der Waals surface area contributed by atoms with E-state index >= 15 is 0 Å². The summed E-state index contributed by atoms with van der Waals surface area (Å²) in [5, 5.41) is 0. The highest BCUT2D eigenvalue weighted by Gasteiger charge is 2.19. The summed E-state index contributed by atoms with van der Waals surface area (Å²) < 4.78 is 0. The lowest BCUT2D eigenvalue weighted by molar-refractivity contribution is 0.143. The van der Waals surface area contributed by atoms with E-state index in [2.05, 4.69) is 11.8 Å². The molecule has 0 aromatic carbocycles. The first-order chi connectivity index (χ1) is 6.74. The van der Waals surface area contributed by atoms with E-state index in [1.165, 1.54) is 38.8 Å². The van der Waals surface area contributed by atoms with E-state index in [-0.39, 0.29) is 0 Å². The fourth-order valence-corrected chi connectivity index (χ4v) is 2.42. The highest BCUT2D eigenvalue weighted by atomic mass is 32.1. The van der Waals surface area contributed by atoms with Crippen molar-refractivity contribution in [1.82, 2.24) is 4.90 Å². The SMILES string of the molecule is CCC1CCCCN1CCCC(N)=S. The second-order valence-corrected chi connectivity index (χ2v) is 4.69. The van der Waals surface area contributed by atoms with Crippen LogP contribution in [0.3, 0.4) is 0 Å². The molecule has 0 bridgehead atoms. The van der Waals surface area contributed by atoms with Crippen molar-refractivity contribution in [2.75, 3.05) is 13.1 Å². The maximum absolute atomic E-state index is 5.49. The van der Waals surface area contributed by atoms with Gasteiger partial charge in [-0.1, -0.05) is 25.6 Å². The van der Waals surface area contributed by atoms with E-state index in [0.717, 1.165) is 18.9 Å². The third-order valence-corrected chi connectivity index (χ3v) is 3.29. The Morgan fingerprint density at radius 3 is 2.93 bits per heavy atom. The standard InChI is InChI=1S/C11H22N2S/c1-2-10-6-3-4-8-13(10)9-5-7-11(12)14/h10H,2-9H2,1H3,(H2,12,14). The molecular weight excluding hydrogens is 192 g/mol. The van der Waals surface area contributed by atoms with Crippen molar-refractivity contribution in [2.24, 2.45) is 5.73 Å². The molecule has 1 unspecified atom stereocenters. The van der Waals surface area contributed by atoms with Gasteiger partial charge in [-0.2, -0.15) is 0 Å². The van der Waals surface area contributed by atoms with E-state index in [1.807, 2.05) is 0 Å². The average molecular weight is 214 g/mol. The van der Waals surface area contributed by atoms with Crippen molar-refractivity contribution in [3.8, 4) is 0 Å². The molecular formula is C11H22N2S. The van der Waals surface area contributed by atoms with Crippen LogP contribution in [0.25, 0.3) is 0 Å². The minimum Gasteiger partial charge on any atom is -0.393 e. The molecule has 14 heavy (non-hydrogen) atoms. The van der Waals surface area contributed by atoms with Gasteiger partial charge in [-0.25, -0.2) is 0 Å². The third kappa shape index (κ3) is 3.93. The number of nitrogens with zero attached hydrogens (tertiary/aromatic N) is 1. The minimum atomic E-state index is 0.662. The van der Waals surface area contributed by atoms with Gasteiger partial charge in [0.05, 0.1) is 4.99 Å². The predicted molar refractivity (Wildman–Crippen MR) is 65.5 cm³/mol. The van der Waals surface area contributed by atoms with Crippen molar-refractivity contribution in [2.45, 2.75) is 51.5 Å². The molecule has 1 heterocycles. The molecule has 1 aliphatic rings. The number of piperidine rings is 1. The zero-order valence-electron chi connectivity index (χ0n) is 9.17. The Balaban J connectivity index is 2.22. The predicted octanol–water partition coefficient (Wildman–Crippen LogP) is 2.32. The van der Waals surface area contributed by atoms with Gasteiger partial charge in [0.25, 0.3) is 0 Å². The Morgan fingerprint density at radius 1 is 1.50 bits per heavy atom. The first-order valence-corrected chi connectivity index (χ1v) is 6.17. The summed E-state index contributed by atoms with van der Waals surface area (Å²) in [6.45, 7) is 4.74. The molecule has 1 fully saturated rings. The van der Waals surface area contributed by atoms with Crippen LogP contribution in [0, 0.1) is 0 Å². The molecule has 0 aliphatic carbocycles. The van der Waals surface area contributed by atoms with Gasteiger partial charge in [0.1, 0.15) is 0 Å². The lowest BCUT2D eigenvalue weighted by Gasteiger charge is -2.35. The van der Waals surface area contributed by atoms with Crippen LogP contribution in [0.15, 0.2) is 0 Å². The maximum Gasteiger partial charge on any atom is 0.0727 e. The van der Waals surface area contributed by atoms with Crippen LogP contribution >= 0.6 is 12.2 Å². The molecule has 0 aromatic rings. The molecule has 0 amide bonds. The number of hydrogen-bond acceptors (Lipinski definition) is 2. The number of likely N-dealkylation sites (tertiary alicyclic amines) is 1. The normalized spacial score (nSPS) is 23.6. The minimum absolute atomic E-state index is 0.662. The van der Waals surface area contributed by atoms with Crippen molar-refractivity contribution in [3.63, 3.8) is 0 Å². The Labute approximate surface area is 92.8 Å². The van der Waals surface area contributed by atoms with E-state index in [9.17, 15) is 0 Å². The first kappa shape index (κ1) is 11.9. The van der Waals surface area contributed by atoms with Gasteiger partial charge in [0.15, 0.2) is 0 Å². The Morgan fingerprint density at radius 2 is 2.29 bits per heavy atom. The van der Waals surface area contributed by atoms with Crippen LogP contribution in [-0.2, 0) is 0 Å². The molecule has 0 aromatic heterocycles. The van der Waals surface area contributed by atoms with Crippen molar-refractivity contribution < 1.29 is 0 Å². The van der Waals surface area contributed by atoms with Crippen LogP contribution in [0.4, 0.5) is 0 Å². The molecule has 3 heteroatoms. The van der Waals surface area contributed by atoms with Crippen molar-refractivity contribution >= 4 is 17.2 Å². The van der Waals surface area contributed by atoms with Gasteiger partial charge in [-0.3, -0.25) is 0 Å². The van der Waals surface area contributed by atoms with Crippen LogP contribution in [0.1, 0.15) is 45.4 Å². The fourth-order valence-electron chi connectivity index (χ4n) is 2.27. The molecule has 2 nitrogen and oxygen atoms in total. The summed E-state index contributed by atoms with van der Waals surface area (Å²) in [7, 11) is 0. The molecule has 0 spiro atoms. The van der Waals surface area contributed by atoms with Gasteiger partial charge in [-0.15, -0.1) is 0 Å². The second-order valence-electron chi connectivity index (χ2n) is 4.16. The van der Waals surface area contributed by atoms with E-state index in [1.54, 1.807) is 0 Å². The average Bonchev–Trinajstić information content (AvgIpc) is 2.18. The summed E-state index contributed by atoms with van der Waals surface area (Å²) in [5.74, 6) is 0. The lowest BCUT2D eigenvalue weighted by atomic mass is 10.00. The summed E-state index contributed by atoms with van der Waals surface area (Å²) in [4.78, 5) is 3.27. The maximum atomic E-state index is 5.49. The summed E-state index contributed by atoms with van der Waals surface area (Å²) in [5.41, 5.74) is 5.49. The second kappa shape index (κ2) is 6.36. The highest BCUT2D eigenvalue weighted by Crippen LogP contribution is 2.19. The van der Waals surface area contributed by atoms with Crippen LogP contribution in [0.5, 0.6) is 0 Å². The third-order valence-electron chi connectivity index (χ3n) is 3.09. The molecule has 1 atom stereocenters. The molecule has 1 rings (SSSR count). The van der Waals surface area contributed by atoms with Gasteiger partial charge in [0.2, 0.25) is 0 Å². The van der Waals surface area contributed by atoms with E-state index < -0.39 is 0 Å². The van der Waals surface area contributed by atoms with Gasteiger partial charge in [-0.05, 0) is 45.2 Å².